The molecule has 1 N–H and O–H groups in total. The average Bonchev–Trinajstić information content (AvgIpc) is 2.46. The number of rotatable bonds is 7. The van der Waals surface area contributed by atoms with Gasteiger partial charge in [0.15, 0.2) is 0 Å². The first-order valence-corrected chi connectivity index (χ1v) is 10.1. The van der Waals surface area contributed by atoms with Crippen molar-refractivity contribution < 1.29 is 22.7 Å². The van der Waals surface area contributed by atoms with Crippen LogP contribution in [-0.4, -0.2) is 74.7 Å². The molecule has 9 heteroatoms. The summed E-state index contributed by atoms with van der Waals surface area (Å²) in [6.07, 6.45) is 2.05. The molecule has 0 aromatic rings. The van der Waals surface area contributed by atoms with E-state index in [9.17, 15) is 18.0 Å². The van der Waals surface area contributed by atoms with E-state index in [0.717, 1.165) is 6.26 Å². The van der Waals surface area contributed by atoms with Gasteiger partial charge in [-0.3, -0.25) is 4.79 Å². The van der Waals surface area contributed by atoms with Crippen LogP contribution in [0.2, 0.25) is 0 Å². The van der Waals surface area contributed by atoms with Gasteiger partial charge in [-0.2, -0.15) is 4.31 Å². The van der Waals surface area contributed by atoms with Crippen LogP contribution in [0.1, 0.15) is 33.6 Å². The number of carbonyl (C=O) groups excluding carboxylic acids is 2. The predicted octanol–water partition coefficient (Wildman–Crippen LogP) is 0.641. The van der Waals surface area contributed by atoms with Crippen LogP contribution in [0, 0.1) is 5.92 Å². The van der Waals surface area contributed by atoms with Crippen molar-refractivity contribution in [3.05, 3.63) is 0 Å². The quantitative estimate of drug-likeness (QED) is 0.716. The van der Waals surface area contributed by atoms with Gasteiger partial charge in [0.25, 0.3) is 0 Å². The third-order valence-corrected chi connectivity index (χ3v) is 4.96. The van der Waals surface area contributed by atoms with Crippen LogP contribution in [0.4, 0.5) is 4.79 Å². The lowest BCUT2D eigenvalue weighted by Gasteiger charge is -2.32. The molecule has 0 aromatic carbocycles. The number of piperidine rings is 1. The molecule has 0 radical (unpaired) electrons. The lowest BCUT2D eigenvalue weighted by Crippen LogP contribution is -2.49. The highest BCUT2D eigenvalue weighted by Crippen LogP contribution is 2.12. The molecule has 0 aromatic heterocycles. The second-order valence-corrected chi connectivity index (χ2v) is 8.46. The second-order valence-electron chi connectivity index (χ2n) is 6.48. The minimum atomic E-state index is -3.42. The summed E-state index contributed by atoms with van der Waals surface area (Å²) in [4.78, 5) is 25.4. The van der Waals surface area contributed by atoms with Crippen molar-refractivity contribution in [2.24, 2.45) is 5.92 Å². The Labute approximate surface area is 144 Å². The summed E-state index contributed by atoms with van der Waals surface area (Å²) in [6.45, 7) is 7.09. The summed E-state index contributed by atoms with van der Waals surface area (Å²) in [5, 5.41) is 2.86. The Balaban J connectivity index is 2.47. The molecule has 1 fully saturated rings. The van der Waals surface area contributed by atoms with Gasteiger partial charge < -0.3 is 15.0 Å². The lowest BCUT2D eigenvalue weighted by atomic mass is 10.1. The van der Waals surface area contributed by atoms with Crippen LogP contribution in [0.15, 0.2) is 0 Å². The van der Waals surface area contributed by atoms with Crippen LogP contribution >= 0.6 is 0 Å². The fourth-order valence-electron chi connectivity index (χ4n) is 2.58. The lowest BCUT2D eigenvalue weighted by molar-refractivity contribution is -0.122. The van der Waals surface area contributed by atoms with Crippen molar-refractivity contribution in [3.8, 4) is 0 Å². The van der Waals surface area contributed by atoms with Gasteiger partial charge in [0.05, 0.1) is 19.4 Å². The normalized spacial score (nSPS) is 16.5. The molecule has 8 nitrogen and oxygen atoms in total. The molecule has 1 saturated heterocycles. The van der Waals surface area contributed by atoms with Crippen LogP contribution in [0.25, 0.3) is 0 Å². The highest BCUT2D eigenvalue weighted by Gasteiger charge is 2.26. The molecule has 0 saturated carbocycles. The van der Waals surface area contributed by atoms with Crippen LogP contribution < -0.4 is 5.32 Å². The number of nitrogens with one attached hydrogen (secondary N) is 1. The summed E-state index contributed by atoms with van der Waals surface area (Å²) in [5.41, 5.74) is 0. The molecule has 0 aliphatic carbocycles. The third kappa shape index (κ3) is 7.04. The molecule has 0 unspecified atom stereocenters. The van der Waals surface area contributed by atoms with Gasteiger partial charge in [-0.05, 0) is 25.7 Å². The van der Waals surface area contributed by atoms with Gasteiger partial charge in [-0.15, -0.1) is 0 Å². The minimum absolute atomic E-state index is 0.0522. The van der Waals surface area contributed by atoms with Gasteiger partial charge in [0.1, 0.15) is 0 Å². The largest absolute Gasteiger partial charge is 0.450 e. The van der Waals surface area contributed by atoms with E-state index in [2.05, 4.69) is 5.32 Å². The van der Waals surface area contributed by atoms with E-state index < -0.39 is 10.0 Å². The summed E-state index contributed by atoms with van der Waals surface area (Å²) in [5.74, 6) is -0.170. The minimum Gasteiger partial charge on any atom is -0.450 e. The van der Waals surface area contributed by atoms with Crippen LogP contribution in [-0.2, 0) is 19.6 Å². The Hall–Kier alpha value is -1.35. The number of amides is 2. The van der Waals surface area contributed by atoms with E-state index in [0.29, 0.717) is 39.1 Å². The Morgan fingerprint density at radius 1 is 1.29 bits per heavy atom. The van der Waals surface area contributed by atoms with Crippen LogP contribution in [0.5, 0.6) is 0 Å². The summed E-state index contributed by atoms with van der Waals surface area (Å²) in [7, 11) is -3.42. The van der Waals surface area contributed by atoms with Gasteiger partial charge in [0, 0.05) is 25.7 Å². The first kappa shape index (κ1) is 20.7. The fourth-order valence-corrected chi connectivity index (χ4v) is 3.50. The zero-order valence-corrected chi connectivity index (χ0v) is 15.8. The van der Waals surface area contributed by atoms with E-state index in [1.807, 2.05) is 13.8 Å². The van der Waals surface area contributed by atoms with Crippen LogP contribution in [0.3, 0.4) is 0 Å². The van der Waals surface area contributed by atoms with Crippen molar-refractivity contribution in [2.45, 2.75) is 39.7 Å². The zero-order valence-electron chi connectivity index (χ0n) is 14.9. The molecule has 1 aliphatic rings. The van der Waals surface area contributed by atoms with E-state index in [4.69, 9.17) is 4.74 Å². The van der Waals surface area contributed by atoms with Crippen molar-refractivity contribution in [2.75, 3.05) is 39.0 Å². The van der Waals surface area contributed by atoms with E-state index in [1.54, 1.807) is 11.8 Å². The van der Waals surface area contributed by atoms with Gasteiger partial charge in [-0.25, -0.2) is 13.2 Å². The Morgan fingerprint density at radius 3 is 2.33 bits per heavy atom. The molecule has 1 rings (SSSR count). The van der Waals surface area contributed by atoms with Crippen molar-refractivity contribution in [3.63, 3.8) is 0 Å². The first-order chi connectivity index (χ1) is 11.1. The topological polar surface area (TPSA) is 96.0 Å². The highest BCUT2D eigenvalue weighted by atomic mass is 32.2. The van der Waals surface area contributed by atoms with Gasteiger partial charge >= 0.3 is 6.09 Å². The maximum atomic E-state index is 12.1. The molecule has 2 amide bonds. The number of likely N-dealkylation sites (tertiary alicyclic amines) is 1. The number of nitrogens with zero attached hydrogens (tertiary/aromatic N) is 2. The molecule has 0 spiro atoms. The monoisotopic (exact) mass is 363 g/mol. The predicted molar refractivity (Wildman–Crippen MR) is 91.0 cm³/mol. The Kier molecular flexibility index (Phi) is 7.95. The molecular weight excluding hydrogens is 334 g/mol. The van der Waals surface area contributed by atoms with Crippen molar-refractivity contribution in [1.29, 1.82) is 0 Å². The number of sulfonamides is 1. The zero-order chi connectivity index (χ0) is 18.3. The number of hydrogen-bond acceptors (Lipinski definition) is 5. The molecule has 140 valence electrons. The third-order valence-electron chi connectivity index (χ3n) is 3.74. The SMILES string of the molecule is CCOC(=O)N1CCC(NC(=O)CN(CC(C)C)S(C)(=O)=O)CC1. The van der Waals surface area contributed by atoms with Crippen molar-refractivity contribution >= 4 is 22.0 Å². The molecule has 0 bridgehead atoms. The number of ether oxygens (including phenoxy) is 1. The standard InChI is InChI=1S/C15H29N3O5S/c1-5-23-15(20)17-8-6-13(7-9-17)16-14(19)11-18(10-12(2)3)24(4,21)22/h12-13H,5-11H2,1-4H3,(H,16,19). The summed E-state index contributed by atoms with van der Waals surface area (Å²) >= 11 is 0. The molecular formula is C15H29N3O5S. The number of hydrogen-bond donors (Lipinski definition) is 1. The van der Waals surface area contributed by atoms with Gasteiger partial charge in [-0.1, -0.05) is 13.8 Å². The van der Waals surface area contributed by atoms with E-state index in [1.165, 1.54) is 4.31 Å². The molecule has 1 heterocycles. The van der Waals surface area contributed by atoms with Crippen molar-refractivity contribution in [1.82, 2.24) is 14.5 Å². The number of carbonyl (C=O) groups is 2. The Morgan fingerprint density at radius 2 is 1.88 bits per heavy atom. The van der Waals surface area contributed by atoms with E-state index >= 15 is 0 Å². The molecule has 1 aliphatic heterocycles. The molecule has 24 heavy (non-hydrogen) atoms. The summed E-state index contributed by atoms with van der Waals surface area (Å²) < 4.78 is 29.7. The second kappa shape index (κ2) is 9.22. The smallest absolute Gasteiger partial charge is 0.409 e. The average molecular weight is 363 g/mol. The maximum Gasteiger partial charge on any atom is 0.409 e. The fraction of sp³-hybridized carbons (Fsp3) is 0.867. The first-order valence-electron chi connectivity index (χ1n) is 8.29. The molecule has 0 atom stereocenters. The maximum absolute atomic E-state index is 12.1. The van der Waals surface area contributed by atoms with Gasteiger partial charge in [0.2, 0.25) is 15.9 Å². The summed E-state index contributed by atoms with van der Waals surface area (Å²) in [6, 6.07) is -0.0522. The highest BCUT2D eigenvalue weighted by molar-refractivity contribution is 7.88. The van der Waals surface area contributed by atoms with E-state index in [-0.39, 0.29) is 30.5 Å². The Bertz CT molecular complexity index is 527.